The van der Waals surface area contributed by atoms with Crippen molar-refractivity contribution in [2.45, 2.75) is 32.6 Å². The maximum atomic E-state index is 12.0. The predicted octanol–water partition coefficient (Wildman–Crippen LogP) is 3.61. The first-order chi connectivity index (χ1) is 10.1. The van der Waals surface area contributed by atoms with E-state index in [9.17, 15) is 4.79 Å². The summed E-state index contributed by atoms with van der Waals surface area (Å²) in [5, 5.41) is 0. The minimum Gasteiger partial charge on any atom is -0.497 e. The quantitative estimate of drug-likeness (QED) is 0.779. The number of fused-ring (bicyclic) bond motifs is 3. The SMILES string of the molecule is COC(=O)C1(C)CC=C2c3ccc(OC)cc3CCC2C1. The van der Waals surface area contributed by atoms with E-state index in [0.717, 1.165) is 31.4 Å². The molecule has 1 aromatic rings. The van der Waals surface area contributed by atoms with E-state index in [2.05, 4.69) is 18.2 Å². The van der Waals surface area contributed by atoms with E-state index >= 15 is 0 Å². The zero-order valence-electron chi connectivity index (χ0n) is 12.9. The maximum Gasteiger partial charge on any atom is 0.311 e. The minimum absolute atomic E-state index is 0.0849. The third kappa shape index (κ3) is 2.35. The molecule has 1 aromatic carbocycles. The largest absolute Gasteiger partial charge is 0.497 e. The number of benzene rings is 1. The topological polar surface area (TPSA) is 35.5 Å². The molecule has 112 valence electrons. The Bertz CT molecular complexity index is 602. The van der Waals surface area contributed by atoms with Gasteiger partial charge in [0.15, 0.2) is 0 Å². The lowest BCUT2D eigenvalue weighted by atomic mass is 9.66. The van der Waals surface area contributed by atoms with E-state index in [4.69, 9.17) is 9.47 Å². The molecule has 0 saturated carbocycles. The molecule has 0 spiro atoms. The molecule has 0 amide bonds. The molecule has 0 aromatic heterocycles. The van der Waals surface area contributed by atoms with Gasteiger partial charge in [0.05, 0.1) is 19.6 Å². The van der Waals surface area contributed by atoms with Crippen LogP contribution in [0.2, 0.25) is 0 Å². The van der Waals surface area contributed by atoms with Crippen molar-refractivity contribution in [1.29, 1.82) is 0 Å². The van der Waals surface area contributed by atoms with Gasteiger partial charge in [-0.2, -0.15) is 0 Å². The first-order valence-electron chi connectivity index (χ1n) is 7.53. The number of carbonyl (C=O) groups excluding carboxylic acids is 1. The van der Waals surface area contributed by atoms with Crippen LogP contribution in [0.25, 0.3) is 5.57 Å². The highest BCUT2D eigenvalue weighted by molar-refractivity contribution is 5.80. The van der Waals surface area contributed by atoms with Crippen LogP contribution in [0.15, 0.2) is 24.3 Å². The third-order valence-corrected chi connectivity index (χ3v) is 4.97. The summed E-state index contributed by atoms with van der Waals surface area (Å²) < 4.78 is 10.3. The number of carbonyl (C=O) groups is 1. The van der Waals surface area contributed by atoms with Gasteiger partial charge in [0, 0.05) is 0 Å². The highest BCUT2D eigenvalue weighted by atomic mass is 16.5. The fraction of sp³-hybridized carbons (Fsp3) is 0.500. The molecule has 0 saturated heterocycles. The van der Waals surface area contributed by atoms with Crippen molar-refractivity contribution in [3.8, 4) is 5.75 Å². The lowest BCUT2D eigenvalue weighted by Crippen LogP contribution is -2.35. The molecular weight excluding hydrogens is 264 g/mol. The van der Waals surface area contributed by atoms with Crippen LogP contribution in [0.3, 0.4) is 0 Å². The Morgan fingerprint density at radius 1 is 1.33 bits per heavy atom. The molecule has 3 heteroatoms. The molecule has 0 radical (unpaired) electrons. The van der Waals surface area contributed by atoms with Crippen molar-refractivity contribution in [3.05, 3.63) is 35.4 Å². The summed E-state index contributed by atoms with van der Waals surface area (Å²) >= 11 is 0. The summed E-state index contributed by atoms with van der Waals surface area (Å²) in [4.78, 5) is 12.0. The van der Waals surface area contributed by atoms with Gasteiger partial charge in [0.25, 0.3) is 0 Å². The van der Waals surface area contributed by atoms with Crippen molar-refractivity contribution in [2.24, 2.45) is 11.3 Å². The molecule has 3 rings (SSSR count). The Balaban J connectivity index is 1.94. The number of esters is 1. The molecule has 0 bridgehead atoms. The fourth-order valence-corrected chi connectivity index (χ4v) is 3.75. The molecule has 0 aliphatic heterocycles. The van der Waals surface area contributed by atoms with E-state index in [1.807, 2.05) is 13.0 Å². The van der Waals surface area contributed by atoms with Gasteiger partial charge in [-0.25, -0.2) is 0 Å². The first kappa shape index (κ1) is 14.2. The summed E-state index contributed by atoms with van der Waals surface area (Å²) in [6, 6.07) is 6.32. The normalized spacial score (nSPS) is 27.2. The van der Waals surface area contributed by atoms with E-state index < -0.39 is 0 Å². The molecule has 2 aliphatic carbocycles. The van der Waals surface area contributed by atoms with Crippen LogP contribution in [0.5, 0.6) is 5.75 Å². The van der Waals surface area contributed by atoms with Gasteiger partial charge in [-0.05, 0) is 67.4 Å². The summed E-state index contributed by atoms with van der Waals surface area (Å²) in [7, 11) is 3.18. The maximum absolute atomic E-state index is 12.0. The second-order valence-corrected chi connectivity index (χ2v) is 6.38. The second kappa shape index (κ2) is 5.21. The van der Waals surface area contributed by atoms with Gasteiger partial charge in [0.1, 0.15) is 5.75 Å². The summed E-state index contributed by atoms with van der Waals surface area (Å²) in [5.74, 6) is 1.30. The third-order valence-electron chi connectivity index (χ3n) is 4.97. The Labute approximate surface area is 125 Å². The standard InChI is InChI=1S/C18H22O3/c1-18(17(19)21-3)9-8-16-13(11-18)5-4-12-10-14(20-2)6-7-15(12)16/h6-8,10,13H,4-5,9,11H2,1-3H3. The molecule has 0 N–H and O–H groups in total. The van der Waals surface area contributed by atoms with Crippen molar-refractivity contribution < 1.29 is 14.3 Å². The zero-order valence-corrected chi connectivity index (χ0v) is 12.9. The number of methoxy groups -OCH3 is 2. The van der Waals surface area contributed by atoms with Gasteiger partial charge in [-0.15, -0.1) is 0 Å². The lowest BCUT2D eigenvalue weighted by molar-refractivity contribution is -0.152. The molecule has 0 heterocycles. The smallest absolute Gasteiger partial charge is 0.311 e. The number of rotatable bonds is 2. The highest BCUT2D eigenvalue weighted by Gasteiger charge is 2.41. The number of aryl methyl sites for hydroxylation is 1. The van der Waals surface area contributed by atoms with Crippen LogP contribution in [0.4, 0.5) is 0 Å². The monoisotopic (exact) mass is 286 g/mol. The van der Waals surface area contributed by atoms with E-state index in [1.54, 1.807) is 7.11 Å². The van der Waals surface area contributed by atoms with Gasteiger partial charge >= 0.3 is 5.97 Å². The Morgan fingerprint density at radius 3 is 2.86 bits per heavy atom. The molecular formula is C18H22O3. The van der Waals surface area contributed by atoms with Crippen LogP contribution in [0, 0.1) is 11.3 Å². The Kier molecular flexibility index (Phi) is 3.52. The van der Waals surface area contributed by atoms with E-state index in [-0.39, 0.29) is 11.4 Å². The molecule has 0 fully saturated rings. The second-order valence-electron chi connectivity index (χ2n) is 6.38. The lowest BCUT2D eigenvalue weighted by Gasteiger charge is -2.39. The molecule has 21 heavy (non-hydrogen) atoms. The van der Waals surface area contributed by atoms with Crippen molar-refractivity contribution >= 4 is 11.5 Å². The molecule has 2 unspecified atom stereocenters. The van der Waals surface area contributed by atoms with Gasteiger partial charge in [-0.3, -0.25) is 4.79 Å². The van der Waals surface area contributed by atoms with Crippen LogP contribution in [0.1, 0.15) is 37.3 Å². The Hall–Kier alpha value is -1.77. The van der Waals surface area contributed by atoms with Crippen molar-refractivity contribution in [3.63, 3.8) is 0 Å². The van der Waals surface area contributed by atoms with Crippen molar-refractivity contribution in [2.75, 3.05) is 14.2 Å². The summed E-state index contributed by atoms with van der Waals surface area (Å²) in [6.45, 7) is 2.02. The number of hydrogen-bond acceptors (Lipinski definition) is 3. The van der Waals surface area contributed by atoms with Gasteiger partial charge in [0.2, 0.25) is 0 Å². The number of allylic oxidation sites excluding steroid dienone is 2. The van der Waals surface area contributed by atoms with Crippen LogP contribution in [-0.4, -0.2) is 20.2 Å². The molecule has 2 atom stereocenters. The summed E-state index contributed by atoms with van der Waals surface area (Å²) in [5.41, 5.74) is 3.73. The minimum atomic E-state index is -0.368. The Morgan fingerprint density at radius 2 is 2.14 bits per heavy atom. The van der Waals surface area contributed by atoms with Crippen molar-refractivity contribution in [1.82, 2.24) is 0 Å². The van der Waals surface area contributed by atoms with E-state index in [1.165, 1.54) is 23.8 Å². The molecule has 3 nitrogen and oxygen atoms in total. The van der Waals surface area contributed by atoms with Crippen LogP contribution >= 0.6 is 0 Å². The van der Waals surface area contributed by atoms with Gasteiger partial charge < -0.3 is 9.47 Å². The summed E-state index contributed by atoms with van der Waals surface area (Å²) in [6.07, 6.45) is 6.04. The fourth-order valence-electron chi connectivity index (χ4n) is 3.75. The van der Waals surface area contributed by atoms with Crippen LogP contribution in [-0.2, 0) is 16.0 Å². The first-order valence-corrected chi connectivity index (χ1v) is 7.53. The molecule has 2 aliphatic rings. The van der Waals surface area contributed by atoms with Crippen LogP contribution < -0.4 is 4.74 Å². The number of hydrogen-bond donors (Lipinski definition) is 0. The predicted molar refractivity (Wildman–Crippen MR) is 82.1 cm³/mol. The average Bonchev–Trinajstić information content (AvgIpc) is 2.52. The average molecular weight is 286 g/mol. The van der Waals surface area contributed by atoms with Gasteiger partial charge in [-0.1, -0.05) is 12.1 Å². The highest BCUT2D eigenvalue weighted by Crippen LogP contribution is 2.48. The van der Waals surface area contributed by atoms with E-state index in [0.29, 0.717) is 5.92 Å². The zero-order chi connectivity index (χ0) is 15.0. The number of ether oxygens (including phenoxy) is 2.